The molecule has 64 valence electrons. The first-order chi connectivity index (χ1) is 5.04. The molecule has 3 heteroatoms. The normalized spacial score (nSPS) is 9.27. The van der Waals surface area contributed by atoms with Gasteiger partial charge in [0.1, 0.15) is 0 Å². The fourth-order valence-corrected chi connectivity index (χ4v) is 0.690. The molecule has 0 unspecified atom stereocenters. The Bertz CT molecular complexity index is 152. The van der Waals surface area contributed by atoms with Crippen LogP contribution in [0.1, 0.15) is 19.3 Å². The number of allylic oxidation sites excluding steroid dienone is 1. The van der Waals surface area contributed by atoms with Crippen LogP contribution < -0.4 is 5.73 Å². The van der Waals surface area contributed by atoms with E-state index in [2.05, 4.69) is 6.58 Å². The molecule has 1 amide bonds. The minimum Gasteiger partial charge on any atom is -0.403 e. The monoisotopic (exact) mass is 156 g/mol. The van der Waals surface area contributed by atoms with Gasteiger partial charge in [-0.1, -0.05) is 6.58 Å². The number of carbonyl (C=O) groups excluding carboxylic acids is 1. The first kappa shape index (κ1) is 10.0. The number of hydrogen-bond acceptors (Lipinski definition) is 2. The van der Waals surface area contributed by atoms with Crippen LogP contribution >= 0.6 is 0 Å². The molecule has 0 saturated carbocycles. The Balaban J connectivity index is 3.39. The average Bonchev–Trinajstić information content (AvgIpc) is 1.86. The molecule has 0 rings (SSSR count). The second-order valence-corrected chi connectivity index (χ2v) is 2.80. The summed E-state index contributed by atoms with van der Waals surface area (Å²) in [5, 5.41) is 0. The van der Waals surface area contributed by atoms with E-state index in [-0.39, 0.29) is 5.91 Å². The molecule has 0 fully saturated rings. The Morgan fingerprint density at radius 3 is 2.36 bits per heavy atom. The molecule has 0 aliphatic carbocycles. The second kappa shape index (κ2) is 4.77. The molecule has 3 nitrogen and oxygen atoms in total. The summed E-state index contributed by atoms with van der Waals surface area (Å²) < 4.78 is 0. The Morgan fingerprint density at radius 1 is 1.45 bits per heavy atom. The minimum atomic E-state index is 0.145. The van der Waals surface area contributed by atoms with Crippen molar-refractivity contribution in [2.75, 3.05) is 14.1 Å². The lowest BCUT2D eigenvalue weighted by Crippen LogP contribution is -2.21. The molecule has 0 heterocycles. The Morgan fingerprint density at radius 2 is 2.00 bits per heavy atom. The van der Waals surface area contributed by atoms with E-state index in [1.54, 1.807) is 19.0 Å². The molecule has 2 N–H and O–H groups in total. The summed E-state index contributed by atoms with van der Waals surface area (Å²) in [4.78, 5) is 12.6. The number of hydrogen-bond donors (Lipinski definition) is 1. The molecular formula is C8H16N2O. The van der Waals surface area contributed by atoms with Crippen molar-refractivity contribution in [1.29, 1.82) is 0 Å². The van der Waals surface area contributed by atoms with Crippen LogP contribution in [0.3, 0.4) is 0 Å². The smallest absolute Gasteiger partial charge is 0.222 e. The SMILES string of the molecule is C=C(N)CCCC(=O)N(C)C. The molecule has 0 spiro atoms. The number of amides is 1. The summed E-state index contributed by atoms with van der Waals surface area (Å²) in [5.41, 5.74) is 5.98. The van der Waals surface area contributed by atoms with Crippen LogP contribution in [-0.4, -0.2) is 24.9 Å². The van der Waals surface area contributed by atoms with E-state index in [0.29, 0.717) is 12.1 Å². The Labute approximate surface area is 67.9 Å². The van der Waals surface area contributed by atoms with Crippen LogP contribution in [0.15, 0.2) is 12.3 Å². The third-order valence-corrected chi connectivity index (χ3v) is 1.39. The van der Waals surface area contributed by atoms with E-state index in [0.717, 1.165) is 12.8 Å². The zero-order chi connectivity index (χ0) is 8.85. The van der Waals surface area contributed by atoms with Gasteiger partial charge in [0.25, 0.3) is 0 Å². The standard InChI is InChI=1S/C8H16N2O/c1-7(9)5-4-6-8(11)10(2)3/h1,4-6,9H2,2-3H3. The molecule has 0 bridgehead atoms. The van der Waals surface area contributed by atoms with Gasteiger partial charge in [0, 0.05) is 26.2 Å². The average molecular weight is 156 g/mol. The third-order valence-electron chi connectivity index (χ3n) is 1.39. The molecule has 0 radical (unpaired) electrons. The van der Waals surface area contributed by atoms with Crippen molar-refractivity contribution in [2.24, 2.45) is 5.73 Å². The van der Waals surface area contributed by atoms with Crippen LogP contribution in [0, 0.1) is 0 Å². The van der Waals surface area contributed by atoms with Crippen molar-refractivity contribution < 1.29 is 4.79 Å². The van der Waals surface area contributed by atoms with Crippen LogP contribution in [0.2, 0.25) is 0 Å². The quantitative estimate of drug-likeness (QED) is 0.651. The van der Waals surface area contributed by atoms with Crippen molar-refractivity contribution in [3.05, 3.63) is 12.3 Å². The summed E-state index contributed by atoms with van der Waals surface area (Å²) >= 11 is 0. The van der Waals surface area contributed by atoms with Crippen LogP contribution in [0.4, 0.5) is 0 Å². The maximum Gasteiger partial charge on any atom is 0.222 e. The van der Waals surface area contributed by atoms with Crippen molar-refractivity contribution in [3.63, 3.8) is 0 Å². The van der Waals surface area contributed by atoms with E-state index in [4.69, 9.17) is 5.73 Å². The highest BCUT2D eigenvalue weighted by Crippen LogP contribution is 2.00. The Hall–Kier alpha value is -0.990. The molecule has 0 aromatic rings. The molecule has 0 saturated heterocycles. The first-order valence-electron chi connectivity index (χ1n) is 3.67. The van der Waals surface area contributed by atoms with E-state index in [9.17, 15) is 4.79 Å². The summed E-state index contributed by atoms with van der Waals surface area (Å²) in [6, 6.07) is 0. The third kappa shape index (κ3) is 5.45. The predicted molar refractivity (Wildman–Crippen MR) is 45.9 cm³/mol. The summed E-state index contributed by atoms with van der Waals surface area (Å²) in [6.45, 7) is 3.55. The lowest BCUT2D eigenvalue weighted by atomic mass is 10.2. The van der Waals surface area contributed by atoms with Gasteiger partial charge in [0.15, 0.2) is 0 Å². The van der Waals surface area contributed by atoms with Gasteiger partial charge in [0.2, 0.25) is 5.91 Å². The lowest BCUT2D eigenvalue weighted by molar-refractivity contribution is -0.128. The summed E-state index contributed by atoms with van der Waals surface area (Å²) in [6.07, 6.45) is 2.09. The van der Waals surface area contributed by atoms with Crippen molar-refractivity contribution in [2.45, 2.75) is 19.3 Å². The lowest BCUT2D eigenvalue weighted by Gasteiger charge is -2.09. The molecule has 0 aliphatic heterocycles. The fourth-order valence-electron chi connectivity index (χ4n) is 0.690. The van der Waals surface area contributed by atoms with Crippen LogP contribution in [-0.2, 0) is 4.79 Å². The Kier molecular flexibility index (Phi) is 4.34. The van der Waals surface area contributed by atoms with Crippen LogP contribution in [0.5, 0.6) is 0 Å². The summed E-state index contributed by atoms with van der Waals surface area (Å²) in [5.74, 6) is 0.145. The zero-order valence-electron chi connectivity index (χ0n) is 7.26. The molecule has 0 aromatic heterocycles. The van der Waals surface area contributed by atoms with Crippen molar-refractivity contribution in [1.82, 2.24) is 4.90 Å². The van der Waals surface area contributed by atoms with E-state index < -0.39 is 0 Å². The van der Waals surface area contributed by atoms with Gasteiger partial charge in [-0.2, -0.15) is 0 Å². The van der Waals surface area contributed by atoms with Gasteiger partial charge in [0.05, 0.1) is 0 Å². The topological polar surface area (TPSA) is 46.3 Å². The van der Waals surface area contributed by atoms with Gasteiger partial charge in [-0.25, -0.2) is 0 Å². The van der Waals surface area contributed by atoms with E-state index in [1.807, 2.05) is 0 Å². The van der Waals surface area contributed by atoms with Gasteiger partial charge in [-0.05, 0) is 12.8 Å². The highest BCUT2D eigenvalue weighted by molar-refractivity contribution is 5.75. The molecule has 0 aliphatic rings. The first-order valence-corrected chi connectivity index (χ1v) is 3.67. The highest BCUT2D eigenvalue weighted by Gasteiger charge is 2.02. The van der Waals surface area contributed by atoms with Gasteiger partial charge < -0.3 is 10.6 Å². The van der Waals surface area contributed by atoms with Gasteiger partial charge >= 0.3 is 0 Å². The highest BCUT2D eigenvalue weighted by atomic mass is 16.2. The number of nitrogens with two attached hydrogens (primary N) is 1. The summed E-state index contributed by atoms with van der Waals surface area (Å²) in [7, 11) is 3.50. The van der Waals surface area contributed by atoms with E-state index >= 15 is 0 Å². The van der Waals surface area contributed by atoms with Crippen molar-refractivity contribution in [3.8, 4) is 0 Å². The van der Waals surface area contributed by atoms with Gasteiger partial charge in [-0.3, -0.25) is 4.79 Å². The maximum atomic E-state index is 11.0. The maximum absolute atomic E-state index is 11.0. The number of nitrogens with zero attached hydrogens (tertiary/aromatic N) is 1. The zero-order valence-corrected chi connectivity index (χ0v) is 7.26. The minimum absolute atomic E-state index is 0.145. The number of rotatable bonds is 4. The molecular weight excluding hydrogens is 140 g/mol. The van der Waals surface area contributed by atoms with E-state index in [1.165, 1.54) is 0 Å². The molecule has 0 aromatic carbocycles. The molecule has 11 heavy (non-hydrogen) atoms. The van der Waals surface area contributed by atoms with Crippen LogP contribution in [0.25, 0.3) is 0 Å². The van der Waals surface area contributed by atoms with Gasteiger partial charge in [-0.15, -0.1) is 0 Å². The van der Waals surface area contributed by atoms with Crippen molar-refractivity contribution >= 4 is 5.91 Å². The molecule has 0 atom stereocenters. The predicted octanol–water partition coefficient (Wildman–Crippen LogP) is 0.717. The number of carbonyl (C=O) groups is 1. The second-order valence-electron chi connectivity index (χ2n) is 2.80. The largest absolute Gasteiger partial charge is 0.403 e. The fraction of sp³-hybridized carbons (Fsp3) is 0.625.